The Morgan fingerprint density at radius 2 is 1.88 bits per heavy atom. The third-order valence-electron chi connectivity index (χ3n) is 3.70. The number of aromatic hydroxyl groups is 1. The van der Waals surface area contributed by atoms with Gasteiger partial charge in [0.2, 0.25) is 0 Å². The number of phenolic OH excluding ortho intramolecular Hbond substituents is 1. The van der Waals surface area contributed by atoms with Crippen molar-refractivity contribution in [3.05, 3.63) is 36.4 Å². The van der Waals surface area contributed by atoms with E-state index in [0.717, 1.165) is 31.6 Å². The number of carbonyl (C=O) groups is 1. The second-order valence-corrected chi connectivity index (χ2v) is 6.75. The lowest BCUT2D eigenvalue weighted by molar-refractivity contribution is -0.138. The summed E-state index contributed by atoms with van der Waals surface area (Å²) in [4.78, 5) is 12.0. The molecule has 24 heavy (non-hydrogen) atoms. The highest BCUT2D eigenvalue weighted by molar-refractivity contribution is 5.95. The molecule has 1 heterocycles. The molecule has 0 aromatic heterocycles. The van der Waals surface area contributed by atoms with Crippen molar-refractivity contribution >= 4 is 22.9 Å². The van der Waals surface area contributed by atoms with Crippen molar-refractivity contribution in [2.45, 2.75) is 26.4 Å². The van der Waals surface area contributed by atoms with Crippen LogP contribution in [0.2, 0.25) is 0 Å². The zero-order valence-electron chi connectivity index (χ0n) is 14.6. The van der Waals surface area contributed by atoms with Gasteiger partial charge in [0.25, 0.3) is 6.47 Å². The van der Waals surface area contributed by atoms with Gasteiger partial charge in [0.15, 0.2) is 0 Å². The van der Waals surface area contributed by atoms with Crippen LogP contribution in [0.25, 0.3) is 10.8 Å². The molecule has 0 radical (unpaired) electrons. The average Bonchev–Trinajstić information content (AvgIpc) is 2.54. The maximum Gasteiger partial charge on any atom is 0.293 e. The summed E-state index contributed by atoms with van der Waals surface area (Å²) in [6.45, 7) is 10.0. The van der Waals surface area contributed by atoms with Gasteiger partial charge in [0.1, 0.15) is 11.4 Å². The number of hydrogen-bond donors (Lipinski definition) is 2. The van der Waals surface area contributed by atoms with Gasteiger partial charge < -0.3 is 20.1 Å². The Morgan fingerprint density at radius 3 is 2.46 bits per heavy atom. The van der Waals surface area contributed by atoms with Crippen LogP contribution in [0.1, 0.15) is 20.8 Å². The molecule has 0 spiro atoms. The van der Waals surface area contributed by atoms with Crippen LogP contribution >= 0.6 is 0 Å². The third-order valence-corrected chi connectivity index (χ3v) is 3.70. The Hall–Kier alpha value is -2.27. The highest BCUT2D eigenvalue weighted by atomic mass is 16.5. The minimum absolute atomic E-state index is 0.318. The van der Waals surface area contributed by atoms with Crippen LogP contribution in [0, 0.1) is 0 Å². The fourth-order valence-corrected chi connectivity index (χ4v) is 2.57. The Labute approximate surface area is 143 Å². The first-order valence-corrected chi connectivity index (χ1v) is 8.19. The summed E-state index contributed by atoms with van der Waals surface area (Å²) in [6, 6.07) is 11.9. The van der Waals surface area contributed by atoms with E-state index in [1.165, 1.54) is 11.1 Å². The maximum absolute atomic E-state index is 9.62. The molecule has 5 heteroatoms. The number of rotatable bonds is 2. The van der Waals surface area contributed by atoms with E-state index in [2.05, 4.69) is 33.2 Å². The molecule has 0 atom stereocenters. The lowest BCUT2D eigenvalue weighted by atomic mass is 10.1. The highest BCUT2D eigenvalue weighted by Crippen LogP contribution is 2.29. The van der Waals surface area contributed by atoms with Crippen LogP contribution < -0.4 is 10.2 Å². The number of fused-ring (bicyclic) bond motifs is 1. The van der Waals surface area contributed by atoms with Gasteiger partial charge in [0.05, 0.1) is 0 Å². The lowest BCUT2D eigenvalue weighted by Gasteiger charge is -2.30. The molecule has 0 aliphatic carbocycles. The van der Waals surface area contributed by atoms with Crippen LogP contribution in [0.5, 0.6) is 5.75 Å². The third kappa shape index (κ3) is 5.13. The normalized spacial score (nSPS) is 14.7. The molecule has 2 N–H and O–H groups in total. The molecule has 2 aromatic carbocycles. The van der Waals surface area contributed by atoms with Crippen molar-refractivity contribution in [3.8, 4) is 5.75 Å². The van der Waals surface area contributed by atoms with Crippen molar-refractivity contribution in [2.75, 3.05) is 31.1 Å². The van der Waals surface area contributed by atoms with E-state index in [9.17, 15) is 9.90 Å². The van der Waals surface area contributed by atoms with E-state index in [0.29, 0.717) is 12.2 Å². The number of benzene rings is 2. The molecule has 0 saturated carbocycles. The first-order valence-electron chi connectivity index (χ1n) is 8.19. The Kier molecular flexibility index (Phi) is 6.04. The molecule has 0 bridgehead atoms. The first-order chi connectivity index (χ1) is 11.4. The predicted molar refractivity (Wildman–Crippen MR) is 97.6 cm³/mol. The van der Waals surface area contributed by atoms with Gasteiger partial charge in [-0.3, -0.25) is 4.79 Å². The Balaban J connectivity index is 0.000000256. The van der Waals surface area contributed by atoms with E-state index in [1.54, 1.807) is 6.07 Å². The van der Waals surface area contributed by atoms with Gasteiger partial charge in [-0.25, -0.2) is 0 Å². The largest absolute Gasteiger partial charge is 0.508 e. The molecule has 2 aromatic rings. The maximum atomic E-state index is 9.62. The topological polar surface area (TPSA) is 61.8 Å². The monoisotopic (exact) mass is 330 g/mol. The summed E-state index contributed by atoms with van der Waals surface area (Å²) in [7, 11) is 0. The summed E-state index contributed by atoms with van der Waals surface area (Å²) in [5, 5.41) is 15.3. The summed E-state index contributed by atoms with van der Waals surface area (Å²) >= 11 is 0. The number of ether oxygens (including phenoxy) is 1. The molecule has 3 rings (SSSR count). The number of nitrogens with zero attached hydrogens (tertiary/aromatic N) is 1. The standard InChI is InChI=1S/C14H16N2O.C5H10O2/c17-12-5-4-11-2-1-3-14(13(11)10-12)16-8-6-15-7-9-16;1-5(2,3)7-4-6/h1-5,10,15,17H,6-9H2;4H,1-3H3. The van der Waals surface area contributed by atoms with E-state index < -0.39 is 0 Å². The van der Waals surface area contributed by atoms with E-state index in [4.69, 9.17) is 0 Å². The second-order valence-electron chi connectivity index (χ2n) is 6.75. The van der Waals surface area contributed by atoms with Crippen molar-refractivity contribution < 1.29 is 14.6 Å². The molecule has 1 aliphatic rings. The Morgan fingerprint density at radius 1 is 1.17 bits per heavy atom. The van der Waals surface area contributed by atoms with E-state index >= 15 is 0 Å². The molecule has 0 unspecified atom stereocenters. The van der Waals surface area contributed by atoms with E-state index in [1.807, 2.05) is 32.9 Å². The SMILES string of the molecule is CC(C)(C)OC=O.Oc1ccc2cccc(N3CCNCC3)c2c1. The van der Waals surface area contributed by atoms with Gasteiger partial charge in [-0.15, -0.1) is 0 Å². The first kappa shape index (κ1) is 18.1. The molecule has 1 fully saturated rings. The minimum Gasteiger partial charge on any atom is -0.508 e. The van der Waals surface area contributed by atoms with Crippen molar-refractivity contribution in [1.82, 2.24) is 5.32 Å². The molecule has 130 valence electrons. The molecular weight excluding hydrogens is 304 g/mol. The molecule has 1 saturated heterocycles. The van der Waals surface area contributed by atoms with Crippen LogP contribution in [0.15, 0.2) is 36.4 Å². The Bertz CT molecular complexity index is 674. The number of piperazine rings is 1. The van der Waals surface area contributed by atoms with Crippen LogP contribution in [0.4, 0.5) is 5.69 Å². The number of nitrogens with one attached hydrogen (secondary N) is 1. The lowest BCUT2D eigenvalue weighted by Crippen LogP contribution is -2.43. The van der Waals surface area contributed by atoms with Crippen LogP contribution in [-0.2, 0) is 9.53 Å². The second kappa shape index (κ2) is 8.02. The number of carbonyl (C=O) groups excluding carboxylic acids is 1. The number of anilines is 1. The molecular formula is C19H26N2O3. The quantitative estimate of drug-likeness (QED) is 0.829. The van der Waals surface area contributed by atoms with E-state index in [-0.39, 0.29) is 5.60 Å². The van der Waals surface area contributed by atoms with Crippen molar-refractivity contribution in [2.24, 2.45) is 0 Å². The average molecular weight is 330 g/mol. The molecule has 0 amide bonds. The predicted octanol–water partition coefficient (Wildman–Crippen LogP) is 2.91. The number of hydrogen-bond acceptors (Lipinski definition) is 5. The zero-order chi connectivity index (χ0) is 17.6. The van der Waals surface area contributed by atoms with Crippen LogP contribution in [0.3, 0.4) is 0 Å². The summed E-state index contributed by atoms with van der Waals surface area (Å²) in [5.74, 6) is 0.333. The fraction of sp³-hybridized carbons (Fsp3) is 0.421. The van der Waals surface area contributed by atoms with Gasteiger partial charge in [-0.2, -0.15) is 0 Å². The fourth-order valence-electron chi connectivity index (χ4n) is 2.57. The number of phenols is 1. The summed E-state index contributed by atoms with van der Waals surface area (Å²) in [5.41, 5.74) is 0.904. The zero-order valence-corrected chi connectivity index (χ0v) is 14.6. The van der Waals surface area contributed by atoms with Crippen LogP contribution in [-0.4, -0.2) is 43.4 Å². The van der Waals surface area contributed by atoms with Gasteiger partial charge in [0, 0.05) is 37.3 Å². The van der Waals surface area contributed by atoms with Crippen molar-refractivity contribution in [3.63, 3.8) is 0 Å². The smallest absolute Gasteiger partial charge is 0.293 e. The summed E-state index contributed by atoms with van der Waals surface area (Å²) < 4.78 is 4.55. The van der Waals surface area contributed by atoms with Gasteiger partial charge in [-0.1, -0.05) is 18.2 Å². The van der Waals surface area contributed by atoms with Crippen molar-refractivity contribution in [1.29, 1.82) is 0 Å². The van der Waals surface area contributed by atoms with Gasteiger partial charge >= 0.3 is 0 Å². The molecule has 1 aliphatic heterocycles. The van der Waals surface area contributed by atoms with Gasteiger partial charge in [-0.05, 0) is 44.4 Å². The molecule has 5 nitrogen and oxygen atoms in total. The summed E-state index contributed by atoms with van der Waals surface area (Å²) in [6.07, 6.45) is 0. The highest BCUT2D eigenvalue weighted by Gasteiger charge is 2.13. The minimum atomic E-state index is -0.318.